The summed E-state index contributed by atoms with van der Waals surface area (Å²) in [5.74, 6) is -0.120. The topological polar surface area (TPSA) is 34.1 Å². The highest BCUT2D eigenvalue weighted by atomic mass is 32.2. The van der Waals surface area contributed by atoms with E-state index < -0.39 is 0 Å². The zero-order valence-electron chi connectivity index (χ0n) is 14.5. The Bertz CT molecular complexity index is 1250. The number of hydrogen-bond acceptors (Lipinski definition) is 4. The average Bonchev–Trinajstić information content (AvgIpc) is 3.23. The SMILES string of the molecule is CSc1sc2c(c1C(=O)c1ccc3ccccc3c1)C(=O)c1ccccc1-2. The minimum absolute atomic E-state index is 0.0405. The van der Waals surface area contributed by atoms with Gasteiger partial charge >= 0.3 is 0 Å². The van der Waals surface area contributed by atoms with E-state index in [-0.39, 0.29) is 11.6 Å². The quantitative estimate of drug-likeness (QED) is 0.279. The fourth-order valence-corrected chi connectivity index (χ4v) is 5.70. The van der Waals surface area contributed by atoms with Crippen LogP contribution in [0.4, 0.5) is 0 Å². The number of carbonyl (C=O) groups is 2. The minimum atomic E-state index is -0.0799. The maximum absolute atomic E-state index is 13.4. The lowest BCUT2D eigenvalue weighted by Crippen LogP contribution is -2.08. The second-order valence-electron chi connectivity index (χ2n) is 6.44. The summed E-state index contributed by atoms with van der Waals surface area (Å²) in [4.78, 5) is 27.4. The summed E-state index contributed by atoms with van der Waals surface area (Å²) in [6.45, 7) is 0. The van der Waals surface area contributed by atoms with E-state index in [1.165, 1.54) is 11.8 Å². The third-order valence-electron chi connectivity index (χ3n) is 4.94. The molecular formula is C23H14O2S2. The first-order valence-electron chi connectivity index (χ1n) is 8.57. The molecule has 0 fully saturated rings. The molecule has 27 heavy (non-hydrogen) atoms. The number of hydrogen-bond donors (Lipinski definition) is 0. The molecule has 2 nitrogen and oxygen atoms in total. The molecule has 1 heterocycles. The molecule has 0 aliphatic heterocycles. The number of thiophene rings is 1. The van der Waals surface area contributed by atoms with Gasteiger partial charge in [0, 0.05) is 21.6 Å². The minimum Gasteiger partial charge on any atom is -0.289 e. The van der Waals surface area contributed by atoms with Gasteiger partial charge in [-0.25, -0.2) is 0 Å². The molecule has 5 rings (SSSR count). The summed E-state index contributed by atoms with van der Waals surface area (Å²) in [6, 6.07) is 21.3. The van der Waals surface area contributed by atoms with Gasteiger partial charge in [0.05, 0.1) is 15.3 Å². The molecular weight excluding hydrogens is 372 g/mol. The van der Waals surface area contributed by atoms with Gasteiger partial charge in [-0.2, -0.15) is 0 Å². The third-order valence-corrected chi connectivity index (χ3v) is 7.29. The molecule has 0 unspecified atom stereocenters. The van der Waals surface area contributed by atoms with Gasteiger partial charge < -0.3 is 0 Å². The van der Waals surface area contributed by atoms with Crippen molar-refractivity contribution in [1.82, 2.24) is 0 Å². The summed E-state index contributed by atoms with van der Waals surface area (Å²) >= 11 is 3.07. The van der Waals surface area contributed by atoms with Gasteiger partial charge in [-0.3, -0.25) is 9.59 Å². The van der Waals surface area contributed by atoms with E-state index in [0.29, 0.717) is 22.3 Å². The van der Waals surface area contributed by atoms with Crippen molar-refractivity contribution in [3.8, 4) is 10.4 Å². The van der Waals surface area contributed by atoms with Gasteiger partial charge in [0.1, 0.15) is 0 Å². The van der Waals surface area contributed by atoms with Gasteiger partial charge in [-0.1, -0.05) is 60.7 Å². The predicted molar refractivity (Wildman–Crippen MR) is 112 cm³/mol. The first-order valence-corrected chi connectivity index (χ1v) is 10.6. The van der Waals surface area contributed by atoms with Crippen molar-refractivity contribution in [1.29, 1.82) is 0 Å². The van der Waals surface area contributed by atoms with Crippen LogP contribution in [0.25, 0.3) is 21.2 Å². The number of ketones is 2. The van der Waals surface area contributed by atoms with Crippen molar-refractivity contribution in [3.05, 3.63) is 89.0 Å². The zero-order chi connectivity index (χ0) is 18.5. The summed E-state index contributed by atoms with van der Waals surface area (Å²) in [7, 11) is 0. The maximum Gasteiger partial charge on any atom is 0.195 e. The van der Waals surface area contributed by atoms with Crippen LogP contribution in [-0.4, -0.2) is 17.8 Å². The number of fused-ring (bicyclic) bond motifs is 4. The smallest absolute Gasteiger partial charge is 0.195 e. The first kappa shape index (κ1) is 16.5. The zero-order valence-corrected chi connectivity index (χ0v) is 16.1. The molecule has 0 saturated heterocycles. The molecule has 0 atom stereocenters. The molecule has 0 radical (unpaired) electrons. The van der Waals surface area contributed by atoms with Gasteiger partial charge in [-0.15, -0.1) is 23.1 Å². The van der Waals surface area contributed by atoms with E-state index in [9.17, 15) is 9.59 Å². The third kappa shape index (κ3) is 2.41. The van der Waals surface area contributed by atoms with E-state index >= 15 is 0 Å². The predicted octanol–water partition coefficient (Wildman–Crippen LogP) is 6.07. The Hall–Kier alpha value is -2.69. The van der Waals surface area contributed by atoms with Gasteiger partial charge in [-0.05, 0) is 23.1 Å². The van der Waals surface area contributed by atoms with Crippen molar-refractivity contribution in [2.75, 3.05) is 6.26 Å². The molecule has 4 aromatic rings. The molecule has 3 aromatic carbocycles. The van der Waals surface area contributed by atoms with Crippen LogP contribution in [0.3, 0.4) is 0 Å². The Morgan fingerprint density at radius 2 is 1.59 bits per heavy atom. The van der Waals surface area contributed by atoms with Crippen LogP contribution in [0.5, 0.6) is 0 Å². The summed E-state index contributed by atoms with van der Waals surface area (Å²) < 4.78 is 0.904. The highest BCUT2D eigenvalue weighted by Crippen LogP contribution is 2.48. The number of thioether (sulfide) groups is 1. The average molecular weight is 386 g/mol. The van der Waals surface area contributed by atoms with Crippen LogP contribution in [0.2, 0.25) is 0 Å². The van der Waals surface area contributed by atoms with Gasteiger partial charge in [0.15, 0.2) is 11.6 Å². The van der Waals surface area contributed by atoms with Crippen LogP contribution in [0.15, 0.2) is 70.9 Å². The number of rotatable bonds is 3. The van der Waals surface area contributed by atoms with E-state index in [4.69, 9.17) is 0 Å². The maximum atomic E-state index is 13.4. The standard InChI is InChI=1S/C23H14O2S2/c1-26-23-19(18-21(25)16-8-4-5-9-17(16)22(18)27-23)20(24)15-11-10-13-6-2-3-7-14(13)12-15/h2-12H,1H3. The summed E-state index contributed by atoms with van der Waals surface area (Å²) in [5, 5.41) is 2.12. The van der Waals surface area contributed by atoms with Crippen LogP contribution in [0.1, 0.15) is 31.8 Å². The molecule has 1 aliphatic rings. The van der Waals surface area contributed by atoms with Gasteiger partial charge in [0.2, 0.25) is 0 Å². The molecule has 0 bridgehead atoms. The van der Waals surface area contributed by atoms with E-state index in [0.717, 1.165) is 25.4 Å². The van der Waals surface area contributed by atoms with Crippen molar-refractivity contribution >= 4 is 45.4 Å². The Morgan fingerprint density at radius 3 is 2.37 bits per heavy atom. The van der Waals surface area contributed by atoms with E-state index in [2.05, 4.69) is 0 Å². The second kappa shape index (κ2) is 6.19. The molecule has 4 heteroatoms. The molecule has 1 aliphatic carbocycles. The van der Waals surface area contributed by atoms with Crippen molar-refractivity contribution in [2.24, 2.45) is 0 Å². The fraction of sp³-hybridized carbons (Fsp3) is 0.0435. The largest absolute Gasteiger partial charge is 0.289 e. The Kier molecular flexibility index (Phi) is 3.78. The van der Waals surface area contributed by atoms with Crippen LogP contribution in [0, 0.1) is 0 Å². The summed E-state index contributed by atoms with van der Waals surface area (Å²) in [6.07, 6.45) is 1.95. The number of benzene rings is 3. The Morgan fingerprint density at radius 1 is 0.889 bits per heavy atom. The Balaban J connectivity index is 1.70. The van der Waals surface area contributed by atoms with Crippen molar-refractivity contribution < 1.29 is 9.59 Å². The monoisotopic (exact) mass is 386 g/mol. The molecule has 0 N–H and O–H groups in total. The van der Waals surface area contributed by atoms with E-state index in [1.54, 1.807) is 11.3 Å². The lowest BCUT2D eigenvalue weighted by molar-refractivity contribution is 0.100. The highest BCUT2D eigenvalue weighted by Gasteiger charge is 2.35. The van der Waals surface area contributed by atoms with Crippen LogP contribution in [-0.2, 0) is 0 Å². The van der Waals surface area contributed by atoms with Crippen LogP contribution >= 0.6 is 23.1 Å². The van der Waals surface area contributed by atoms with Crippen LogP contribution < -0.4 is 0 Å². The van der Waals surface area contributed by atoms with E-state index in [1.807, 2.05) is 73.0 Å². The number of carbonyl (C=O) groups excluding carboxylic acids is 2. The fourth-order valence-electron chi connectivity index (χ4n) is 3.66. The first-order chi connectivity index (χ1) is 13.2. The van der Waals surface area contributed by atoms with Gasteiger partial charge in [0.25, 0.3) is 0 Å². The molecule has 0 spiro atoms. The summed E-state index contributed by atoms with van der Waals surface area (Å²) in [5.41, 5.74) is 3.38. The second-order valence-corrected chi connectivity index (χ2v) is 8.53. The van der Waals surface area contributed by atoms with Crippen molar-refractivity contribution in [2.45, 2.75) is 4.21 Å². The molecule has 130 valence electrons. The molecule has 1 aromatic heterocycles. The lowest BCUT2D eigenvalue weighted by atomic mass is 9.97. The van der Waals surface area contributed by atoms with Crippen molar-refractivity contribution in [3.63, 3.8) is 0 Å². The molecule has 0 saturated carbocycles. The Labute approximate surface area is 164 Å². The molecule has 0 amide bonds. The highest BCUT2D eigenvalue weighted by molar-refractivity contribution is 8.00. The lowest BCUT2D eigenvalue weighted by Gasteiger charge is -2.06. The normalized spacial score (nSPS) is 12.3.